The van der Waals surface area contributed by atoms with E-state index in [4.69, 9.17) is 5.73 Å². The number of benzene rings is 1. The lowest BCUT2D eigenvalue weighted by Gasteiger charge is -2.20. The van der Waals surface area contributed by atoms with Crippen LogP contribution in [0, 0.1) is 11.7 Å². The minimum atomic E-state index is -0.582. The minimum Gasteiger partial charge on any atom is -0.399 e. The number of nitrogen functional groups attached to an aromatic ring is 1. The Morgan fingerprint density at radius 3 is 2.59 bits per heavy atom. The molecular weight excluding hydrogens is 219 g/mol. The molecule has 3 nitrogen and oxygen atoms in total. The number of hydrogen-bond acceptors (Lipinski definition) is 2. The van der Waals surface area contributed by atoms with E-state index in [2.05, 4.69) is 5.32 Å². The highest BCUT2D eigenvalue weighted by atomic mass is 19.1. The minimum absolute atomic E-state index is 0.0401. The molecule has 1 unspecified atom stereocenters. The van der Waals surface area contributed by atoms with Gasteiger partial charge in [0.05, 0.1) is 5.56 Å². The van der Waals surface area contributed by atoms with E-state index < -0.39 is 5.82 Å². The maximum atomic E-state index is 13.5. The van der Waals surface area contributed by atoms with Crippen molar-refractivity contribution >= 4 is 11.6 Å². The van der Waals surface area contributed by atoms with Crippen LogP contribution in [0.15, 0.2) is 18.2 Å². The van der Waals surface area contributed by atoms with E-state index in [-0.39, 0.29) is 17.5 Å². The Morgan fingerprint density at radius 1 is 1.47 bits per heavy atom. The topological polar surface area (TPSA) is 55.1 Å². The highest BCUT2D eigenvalue weighted by Gasteiger charge is 2.17. The zero-order valence-electron chi connectivity index (χ0n) is 10.5. The number of anilines is 1. The van der Waals surface area contributed by atoms with E-state index in [9.17, 15) is 9.18 Å². The SMILES string of the molecule is CCC(NC(=O)c1ccc(N)cc1F)C(C)C. The van der Waals surface area contributed by atoms with Crippen LogP contribution < -0.4 is 11.1 Å². The Balaban J connectivity index is 2.82. The van der Waals surface area contributed by atoms with Gasteiger partial charge < -0.3 is 11.1 Å². The molecule has 17 heavy (non-hydrogen) atoms. The molecule has 0 saturated heterocycles. The van der Waals surface area contributed by atoms with E-state index in [0.717, 1.165) is 12.5 Å². The van der Waals surface area contributed by atoms with Crippen LogP contribution >= 0.6 is 0 Å². The second-order valence-corrected chi connectivity index (χ2v) is 4.47. The molecule has 0 aliphatic rings. The summed E-state index contributed by atoms with van der Waals surface area (Å²) in [5.74, 6) is -0.648. The fourth-order valence-corrected chi connectivity index (χ4v) is 1.70. The molecule has 4 heteroatoms. The van der Waals surface area contributed by atoms with Gasteiger partial charge in [-0.3, -0.25) is 4.79 Å². The number of carbonyl (C=O) groups excluding carboxylic acids is 1. The third-order valence-electron chi connectivity index (χ3n) is 2.80. The molecule has 1 amide bonds. The molecule has 1 aromatic carbocycles. The van der Waals surface area contributed by atoms with Crippen molar-refractivity contribution in [1.82, 2.24) is 5.32 Å². The van der Waals surface area contributed by atoms with Crippen LogP contribution in [0.3, 0.4) is 0 Å². The molecule has 3 N–H and O–H groups in total. The van der Waals surface area contributed by atoms with Gasteiger partial charge in [0.15, 0.2) is 0 Å². The van der Waals surface area contributed by atoms with Crippen molar-refractivity contribution in [1.29, 1.82) is 0 Å². The van der Waals surface area contributed by atoms with Gasteiger partial charge >= 0.3 is 0 Å². The number of hydrogen-bond donors (Lipinski definition) is 2. The maximum Gasteiger partial charge on any atom is 0.254 e. The van der Waals surface area contributed by atoms with E-state index in [1.165, 1.54) is 12.1 Å². The molecule has 0 heterocycles. The summed E-state index contributed by atoms with van der Waals surface area (Å²) in [5.41, 5.74) is 5.79. The number of rotatable bonds is 4. The molecule has 0 radical (unpaired) electrons. The van der Waals surface area contributed by atoms with Crippen LogP contribution in [0.5, 0.6) is 0 Å². The first kappa shape index (κ1) is 13.5. The molecule has 0 aromatic heterocycles. The molecular formula is C13H19FN2O. The third-order valence-corrected chi connectivity index (χ3v) is 2.80. The zero-order chi connectivity index (χ0) is 13.0. The van der Waals surface area contributed by atoms with Crippen molar-refractivity contribution in [3.8, 4) is 0 Å². The van der Waals surface area contributed by atoms with Crippen molar-refractivity contribution in [3.05, 3.63) is 29.6 Å². The van der Waals surface area contributed by atoms with Gasteiger partial charge in [-0.2, -0.15) is 0 Å². The molecule has 1 aromatic rings. The van der Waals surface area contributed by atoms with Crippen molar-refractivity contribution in [2.75, 3.05) is 5.73 Å². The zero-order valence-corrected chi connectivity index (χ0v) is 10.5. The quantitative estimate of drug-likeness (QED) is 0.792. The molecule has 0 aliphatic heterocycles. The molecule has 0 bridgehead atoms. The maximum absolute atomic E-state index is 13.5. The average molecular weight is 238 g/mol. The van der Waals surface area contributed by atoms with Crippen molar-refractivity contribution in [2.45, 2.75) is 33.2 Å². The molecule has 0 saturated carbocycles. The molecule has 1 rings (SSSR count). The van der Waals surface area contributed by atoms with Crippen LogP contribution in [0.1, 0.15) is 37.6 Å². The highest BCUT2D eigenvalue weighted by molar-refractivity contribution is 5.95. The van der Waals surface area contributed by atoms with E-state index in [1.54, 1.807) is 0 Å². The Kier molecular flexibility index (Phi) is 4.49. The average Bonchev–Trinajstić information content (AvgIpc) is 2.24. The summed E-state index contributed by atoms with van der Waals surface area (Å²) >= 11 is 0. The summed E-state index contributed by atoms with van der Waals surface area (Å²) in [5, 5.41) is 2.82. The van der Waals surface area contributed by atoms with Crippen LogP contribution in [0.2, 0.25) is 0 Å². The lowest BCUT2D eigenvalue weighted by atomic mass is 10.0. The third kappa shape index (κ3) is 3.44. The second kappa shape index (κ2) is 5.66. The summed E-state index contributed by atoms with van der Waals surface area (Å²) in [4.78, 5) is 11.9. The summed E-state index contributed by atoms with van der Waals surface area (Å²) in [6, 6.07) is 4.14. The molecule has 0 spiro atoms. The van der Waals surface area contributed by atoms with Crippen LogP contribution in [-0.2, 0) is 0 Å². The number of amides is 1. The first-order valence-electron chi connectivity index (χ1n) is 5.81. The molecule has 0 aliphatic carbocycles. The van der Waals surface area contributed by atoms with Crippen molar-refractivity contribution < 1.29 is 9.18 Å². The first-order chi connectivity index (χ1) is 7.95. The van der Waals surface area contributed by atoms with Gasteiger partial charge in [0, 0.05) is 11.7 Å². The predicted octanol–water partition coefficient (Wildman–Crippen LogP) is 2.57. The fourth-order valence-electron chi connectivity index (χ4n) is 1.70. The summed E-state index contributed by atoms with van der Waals surface area (Å²) < 4.78 is 13.5. The molecule has 1 atom stereocenters. The van der Waals surface area contributed by atoms with Gasteiger partial charge in [-0.05, 0) is 30.5 Å². The normalized spacial score (nSPS) is 12.5. The van der Waals surface area contributed by atoms with Crippen molar-refractivity contribution in [3.63, 3.8) is 0 Å². The number of carbonyl (C=O) groups is 1. The Hall–Kier alpha value is -1.58. The van der Waals surface area contributed by atoms with Crippen molar-refractivity contribution in [2.24, 2.45) is 5.92 Å². The monoisotopic (exact) mass is 238 g/mol. The molecule has 94 valence electrons. The summed E-state index contributed by atoms with van der Waals surface area (Å²) in [7, 11) is 0. The van der Waals surface area contributed by atoms with Gasteiger partial charge in [-0.15, -0.1) is 0 Å². The Morgan fingerprint density at radius 2 is 2.12 bits per heavy atom. The van der Waals surface area contributed by atoms with Gasteiger partial charge in [0.1, 0.15) is 5.82 Å². The molecule has 0 fully saturated rings. The van der Waals surface area contributed by atoms with Gasteiger partial charge in [-0.25, -0.2) is 4.39 Å². The van der Waals surface area contributed by atoms with Gasteiger partial charge in [0.2, 0.25) is 0 Å². The van der Waals surface area contributed by atoms with Crippen LogP contribution in [0.4, 0.5) is 10.1 Å². The highest BCUT2D eigenvalue weighted by Crippen LogP contribution is 2.13. The summed E-state index contributed by atoms with van der Waals surface area (Å²) in [6.07, 6.45) is 0.819. The Bertz CT molecular complexity index is 404. The fraction of sp³-hybridized carbons (Fsp3) is 0.462. The van der Waals surface area contributed by atoms with Gasteiger partial charge in [0.25, 0.3) is 5.91 Å². The number of halogens is 1. The largest absolute Gasteiger partial charge is 0.399 e. The first-order valence-corrected chi connectivity index (χ1v) is 5.81. The lowest BCUT2D eigenvalue weighted by Crippen LogP contribution is -2.38. The van der Waals surface area contributed by atoms with E-state index >= 15 is 0 Å². The standard InChI is InChI=1S/C13H19FN2O/c1-4-12(8(2)3)16-13(17)10-6-5-9(15)7-11(10)14/h5-8,12H,4,15H2,1-3H3,(H,16,17). The number of nitrogens with one attached hydrogen (secondary N) is 1. The smallest absolute Gasteiger partial charge is 0.254 e. The predicted molar refractivity (Wildman–Crippen MR) is 67.2 cm³/mol. The van der Waals surface area contributed by atoms with E-state index in [1.807, 2.05) is 20.8 Å². The Labute approximate surface area is 101 Å². The lowest BCUT2D eigenvalue weighted by molar-refractivity contribution is 0.0920. The van der Waals surface area contributed by atoms with Crippen LogP contribution in [-0.4, -0.2) is 11.9 Å². The number of nitrogens with two attached hydrogens (primary N) is 1. The summed E-state index contributed by atoms with van der Waals surface area (Å²) in [6.45, 7) is 6.03. The van der Waals surface area contributed by atoms with Crippen LogP contribution in [0.25, 0.3) is 0 Å². The van der Waals surface area contributed by atoms with Gasteiger partial charge in [-0.1, -0.05) is 20.8 Å². The second-order valence-electron chi connectivity index (χ2n) is 4.47. The van der Waals surface area contributed by atoms with E-state index in [0.29, 0.717) is 11.6 Å².